The Morgan fingerprint density at radius 1 is 0.972 bits per heavy atom. The maximum absolute atomic E-state index is 10.3. The second-order valence-electron chi connectivity index (χ2n) is 11.0. The molecule has 2 bridgehead atoms. The van der Waals surface area contributed by atoms with E-state index in [2.05, 4.69) is 49.6 Å². The third-order valence-electron chi connectivity index (χ3n) is 8.54. The molecule has 36 heavy (non-hydrogen) atoms. The van der Waals surface area contributed by atoms with Gasteiger partial charge in [-0.1, -0.05) is 18.2 Å². The van der Waals surface area contributed by atoms with Gasteiger partial charge in [-0.15, -0.1) is 10.2 Å². The number of piperazine rings is 1. The molecule has 4 heterocycles. The van der Waals surface area contributed by atoms with Crippen LogP contribution in [0.3, 0.4) is 0 Å². The van der Waals surface area contributed by atoms with Crippen LogP contribution in [0.5, 0.6) is 11.5 Å². The van der Waals surface area contributed by atoms with Gasteiger partial charge in [0.1, 0.15) is 11.5 Å². The lowest BCUT2D eigenvalue weighted by Crippen LogP contribution is -2.62. The van der Waals surface area contributed by atoms with Crippen LogP contribution in [-0.4, -0.2) is 59.7 Å². The molecule has 3 saturated heterocycles. The van der Waals surface area contributed by atoms with Crippen LogP contribution in [-0.2, 0) is 0 Å². The predicted octanol–water partition coefficient (Wildman–Crippen LogP) is 3.42. The first-order chi connectivity index (χ1) is 17.6. The summed E-state index contributed by atoms with van der Waals surface area (Å²) >= 11 is 0. The summed E-state index contributed by atoms with van der Waals surface area (Å²) in [6.07, 6.45) is 4.97. The first kappa shape index (κ1) is 21.7. The lowest BCUT2D eigenvalue weighted by Gasteiger charge is -2.53. The van der Waals surface area contributed by atoms with E-state index in [9.17, 15) is 5.11 Å². The number of anilines is 3. The molecule has 3 aromatic rings. The summed E-state index contributed by atoms with van der Waals surface area (Å²) in [5.41, 5.74) is 10.2. The average Bonchev–Trinajstić information content (AvgIpc) is 3.10. The molecule has 0 radical (unpaired) electrons. The van der Waals surface area contributed by atoms with Crippen molar-refractivity contribution >= 4 is 17.2 Å². The molecule has 7 rings (SSSR count). The molecule has 1 aliphatic carbocycles. The highest BCUT2D eigenvalue weighted by Crippen LogP contribution is 2.46. The molecule has 4 fully saturated rings. The van der Waals surface area contributed by atoms with E-state index in [0.717, 1.165) is 63.3 Å². The van der Waals surface area contributed by atoms with E-state index in [0.29, 0.717) is 40.7 Å². The summed E-state index contributed by atoms with van der Waals surface area (Å²) < 4.78 is 6.36. The fourth-order valence-corrected chi connectivity index (χ4v) is 6.65. The van der Waals surface area contributed by atoms with Crippen LogP contribution >= 0.6 is 0 Å². The minimum atomic E-state index is 0.191. The average molecular weight is 485 g/mol. The Hall–Kier alpha value is -3.52. The molecule has 1 spiro atoms. The third-order valence-corrected chi connectivity index (χ3v) is 8.54. The maximum Gasteiger partial charge on any atom is 0.169 e. The second-order valence-corrected chi connectivity index (χ2v) is 11.0. The number of phenols is 1. The van der Waals surface area contributed by atoms with Crippen LogP contribution in [0.15, 0.2) is 54.6 Å². The highest BCUT2D eigenvalue weighted by molar-refractivity contribution is 5.74. The number of nitrogens with one attached hydrogen (secondary N) is 1. The Morgan fingerprint density at radius 3 is 2.47 bits per heavy atom. The number of rotatable bonds is 5. The lowest BCUT2D eigenvalue weighted by molar-refractivity contribution is -0.0495. The molecular formula is C28H32N6O2. The minimum Gasteiger partial charge on any atom is -0.507 e. The second kappa shape index (κ2) is 8.27. The van der Waals surface area contributed by atoms with Gasteiger partial charge >= 0.3 is 0 Å². The molecular weight excluding hydrogens is 452 g/mol. The SMILES string of the molecule is Nc1nnc(-c2ccccc2O)cc1N1C[C@H]2CC[C@@H](C1)N2c1cccc(OC2CC3(CNC3)C2)c1. The zero-order valence-electron chi connectivity index (χ0n) is 20.3. The molecule has 8 heteroatoms. The van der Waals surface area contributed by atoms with Crippen molar-refractivity contribution < 1.29 is 9.84 Å². The quantitative estimate of drug-likeness (QED) is 0.507. The van der Waals surface area contributed by atoms with Crippen molar-refractivity contribution in [2.45, 2.75) is 43.9 Å². The van der Waals surface area contributed by atoms with Gasteiger partial charge in [-0.25, -0.2) is 0 Å². The number of nitrogens with two attached hydrogens (primary N) is 1. The maximum atomic E-state index is 10.3. The van der Waals surface area contributed by atoms with E-state index in [1.165, 1.54) is 5.69 Å². The lowest BCUT2D eigenvalue weighted by atomic mass is 9.63. The molecule has 0 unspecified atom stereocenters. The molecule has 186 valence electrons. The number of aromatic nitrogens is 2. The fraction of sp³-hybridized carbons (Fsp3) is 0.429. The highest BCUT2D eigenvalue weighted by Gasteiger charge is 2.49. The summed E-state index contributed by atoms with van der Waals surface area (Å²) in [4.78, 5) is 4.92. The Balaban J connectivity index is 1.09. The van der Waals surface area contributed by atoms with Crippen molar-refractivity contribution in [3.05, 3.63) is 54.6 Å². The Labute approximate surface area is 211 Å². The van der Waals surface area contributed by atoms with Gasteiger partial charge in [0.15, 0.2) is 5.82 Å². The molecule has 2 aromatic carbocycles. The van der Waals surface area contributed by atoms with Crippen molar-refractivity contribution in [3.8, 4) is 22.8 Å². The van der Waals surface area contributed by atoms with Crippen LogP contribution in [0.1, 0.15) is 25.7 Å². The van der Waals surface area contributed by atoms with Gasteiger partial charge in [-0.05, 0) is 56.0 Å². The van der Waals surface area contributed by atoms with Gasteiger partial charge < -0.3 is 30.7 Å². The summed E-state index contributed by atoms with van der Waals surface area (Å²) in [5.74, 6) is 1.60. The first-order valence-corrected chi connectivity index (χ1v) is 13.0. The largest absolute Gasteiger partial charge is 0.507 e. The van der Waals surface area contributed by atoms with Crippen LogP contribution in [0.25, 0.3) is 11.3 Å². The van der Waals surface area contributed by atoms with Crippen LogP contribution in [0.2, 0.25) is 0 Å². The number of nitrogen functional groups attached to an aromatic ring is 1. The standard InChI is InChI=1S/C28H32N6O2/c29-27-25(11-24(31-32-27)23-6-1-2-7-26(23)35)33-14-19-8-9-20(15-33)34(19)18-4-3-5-21(10-18)36-22-12-28(13-22)16-30-17-28/h1-7,10-11,19-20,22,30,35H,8-9,12-17H2,(H2,29,32)/t19-,20+. The molecule has 0 amide bonds. The number of para-hydroxylation sites is 1. The number of ether oxygens (including phenoxy) is 1. The third kappa shape index (κ3) is 3.63. The van der Waals surface area contributed by atoms with Crippen molar-refractivity contribution in [2.75, 3.05) is 41.7 Å². The number of fused-ring (bicyclic) bond motifs is 2. The van der Waals surface area contributed by atoms with Crippen LogP contribution in [0.4, 0.5) is 17.2 Å². The van der Waals surface area contributed by atoms with Gasteiger partial charge in [-0.3, -0.25) is 0 Å². The normalized spacial score (nSPS) is 24.4. The summed E-state index contributed by atoms with van der Waals surface area (Å²) in [6, 6.07) is 18.6. The fourth-order valence-electron chi connectivity index (χ4n) is 6.65. The number of aromatic hydroxyl groups is 1. The van der Waals surface area contributed by atoms with Gasteiger partial charge in [0.05, 0.1) is 17.5 Å². The molecule has 4 N–H and O–H groups in total. The Kier molecular flexibility index (Phi) is 4.99. The van der Waals surface area contributed by atoms with E-state index in [1.54, 1.807) is 12.1 Å². The summed E-state index contributed by atoms with van der Waals surface area (Å²) in [6.45, 7) is 4.03. The number of hydrogen-bond donors (Lipinski definition) is 3. The van der Waals surface area contributed by atoms with Gasteiger partial charge in [0, 0.05) is 61.0 Å². The molecule has 4 aliphatic rings. The zero-order chi connectivity index (χ0) is 24.3. The van der Waals surface area contributed by atoms with E-state index in [1.807, 2.05) is 18.2 Å². The topological polar surface area (TPSA) is 99.8 Å². The van der Waals surface area contributed by atoms with Crippen LogP contribution < -0.4 is 25.6 Å². The van der Waals surface area contributed by atoms with Gasteiger partial charge in [-0.2, -0.15) is 0 Å². The molecule has 3 aliphatic heterocycles. The van der Waals surface area contributed by atoms with Crippen molar-refractivity contribution in [1.29, 1.82) is 0 Å². The monoisotopic (exact) mass is 484 g/mol. The number of nitrogens with zero attached hydrogens (tertiary/aromatic N) is 4. The number of hydrogen-bond acceptors (Lipinski definition) is 8. The van der Waals surface area contributed by atoms with Crippen molar-refractivity contribution in [2.24, 2.45) is 5.41 Å². The summed E-state index contributed by atoms with van der Waals surface area (Å²) in [7, 11) is 0. The highest BCUT2D eigenvalue weighted by atomic mass is 16.5. The molecule has 8 nitrogen and oxygen atoms in total. The van der Waals surface area contributed by atoms with E-state index < -0.39 is 0 Å². The van der Waals surface area contributed by atoms with Crippen LogP contribution in [0, 0.1) is 5.41 Å². The Bertz CT molecular complexity index is 1270. The smallest absolute Gasteiger partial charge is 0.169 e. The minimum absolute atomic E-state index is 0.191. The molecule has 1 saturated carbocycles. The number of phenolic OH excluding ortho intramolecular Hbond substituents is 1. The van der Waals surface area contributed by atoms with E-state index in [4.69, 9.17) is 10.5 Å². The summed E-state index contributed by atoms with van der Waals surface area (Å²) in [5, 5.41) is 22.2. The van der Waals surface area contributed by atoms with Gasteiger partial charge in [0.25, 0.3) is 0 Å². The van der Waals surface area contributed by atoms with Crippen molar-refractivity contribution in [3.63, 3.8) is 0 Å². The Morgan fingerprint density at radius 2 is 1.75 bits per heavy atom. The van der Waals surface area contributed by atoms with E-state index >= 15 is 0 Å². The number of benzene rings is 2. The molecule has 2 atom stereocenters. The van der Waals surface area contributed by atoms with E-state index in [-0.39, 0.29) is 5.75 Å². The molecule has 1 aromatic heterocycles. The van der Waals surface area contributed by atoms with Crippen molar-refractivity contribution in [1.82, 2.24) is 15.5 Å². The predicted molar refractivity (Wildman–Crippen MR) is 140 cm³/mol. The van der Waals surface area contributed by atoms with Gasteiger partial charge in [0.2, 0.25) is 0 Å². The zero-order valence-corrected chi connectivity index (χ0v) is 20.3. The first-order valence-electron chi connectivity index (χ1n) is 13.0.